The van der Waals surface area contributed by atoms with Gasteiger partial charge in [-0.05, 0) is 43.4 Å². The first-order valence-electron chi connectivity index (χ1n) is 6.78. The fraction of sp³-hybridized carbons (Fsp3) is 0.438. The fourth-order valence-electron chi connectivity index (χ4n) is 2.93. The van der Waals surface area contributed by atoms with Gasteiger partial charge in [0.1, 0.15) is 5.58 Å². The van der Waals surface area contributed by atoms with Gasteiger partial charge in [0.25, 0.3) is 0 Å². The molecule has 0 bridgehead atoms. The Labute approximate surface area is 107 Å². The number of rotatable bonds is 1. The molecule has 0 radical (unpaired) electrons. The van der Waals surface area contributed by atoms with E-state index in [1.807, 2.05) is 25.1 Å². The number of hydrogen-bond acceptors (Lipinski definition) is 2. The van der Waals surface area contributed by atoms with Gasteiger partial charge in [0.05, 0.1) is 0 Å². The molecule has 1 aliphatic carbocycles. The summed E-state index contributed by atoms with van der Waals surface area (Å²) in [7, 11) is 0. The Bertz CT molecular complexity index is 619. The van der Waals surface area contributed by atoms with Crippen molar-refractivity contribution in [3.8, 4) is 0 Å². The van der Waals surface area contributed by atoms with E-state index < -0.39 is 0 Å². The minimum atomic E-state index is -0.139. The highest BCUT2D eigenvalue weighted by molar-refractivity contribution is 5.77. The lowest BCUT2D eigenvalue weighted by molar-refractivity contribution is 0.428. The van der Waals surface area contributed by atoms with Gasteiger partial charge in [0, 0.05) is 10.9 Å². The van der Waals surface area contributed by atoms with Crippen molar-refractivity contribution in [1.82, 2.24) is 0 Å². The van der Waals surface area contributed by atoms with Crippen molar-refractivity contribution in [1.29, 1.82) is 0 Å². The van der Waals surface area contributed by atoms with Crippen LogP contribution in [0.4, 0.5) is 0 Å². The third-order valence-corrected chi connectivity index (χ3v) is 3.96. The average molecular weight is 242 g/mol. The number of fused-ring (bicyclic) bond motifs is 1. The molecule has 0 unspecified atom stereocenters. The number of benzene rings is 1. The van der Waals surface area contributed by atoms with Crippen LogP contribution in [0, 0.1) is 6.92 Å². The number of hydrogen-bond donors (Lipinski definition) is 0. The minimum absolute atomic E-state index is 0.139. The van der Waals surface area contributed by atoms with Crippen LogP contribution in [0.1, 0.15) is 49.1 Å². The molecule has 0 spiro atoms. The molecule has 0 saturated heterocycles. The van der Waals surface area contributed by atoms with Crippen LogP contribution < -0.4 is 5.63 Å². The van der Waals surface area contributed by atoms with Crippen molar-refractivity contribution >= 4 is 11.0 Å². The summed E-state index contributed by atoms with van der Waals surface area (Å²) in [4.78, 5) is 12.1. The maximum absolute atomic E-state index is 12.1. The SMILES string of the molecule is Cc1ccc2cc(C3CCCCC3)c(=O)oc2c1. The van der Waals surface area contributed by atoms with Gasteiger partial charge in [0.15, 0.2) is 0 Å². The maximum Gasteiger partial charge on any atom is 0.339 e. The summed E-state index contributed by atoms with van der Waals surface area (Å²) >= 11 is 0. The highest BCUT2D eigenvalue weighted by atomic mass is 16.4. The van der Waals surface area contributed by atoms with Crippen molar-refractivity contribution in [2.24, 2.45) is 0 Å². The monoisotopic (exact) mass is 242 g/mol. The van der Waals surface area contributed by atoms with Crippen LogP contribution in [0.2, 0.25) is 0 Å². The average Bonchev–Trinajstić information content (AvgIpc) is 2.39. The standard InChI is InChI=1S/C16H18O2/c1-11-7-8-13-10-14(12-5-3-2-4-6-12)16(17)18-15(13)9-11/h7-10,12H,2-6H2,1H3. The lowest BCUT2D eigenvalue weighted by Crippen LogP contribution is -2.14. The molecule has 0 aliphatic heterocycles. The van der Waals surface area contributed by atoms with E-state index in [-0.39, 0.29) is 5.63 Å². The summed E-state index contributed by atoms with van der Waals surface area (Å²) in [5, 5.41) is 1.04. The molecular weight excluding hydrogens is 224 g/mol. The molecule has 1 heterocycles. The summed E-state index contributed by atoms with van der Waals surface area (Å²) < 4.78 is 5.47. The van der Waals surface area contributed by atoms with E-state index in [1.165, 1.54) is 19.3 Å². The first kappa shape index (κ1) is 11.5. The fourth-order valence-corrected chi connectivity index (χ4v) is 2.93. The summed E-state index contributed by atoms with van der Waals surface area (Å²) in [6, 6.07) is 8.07. The third kappa shape index (κ3) is 2.07. The molecule has 18 heavy (non-hydrogen) atoms. The molecule has 1 aromatic carbocycles. The maximum atomic E-state index is 12.1. The van der Waals surface area contributed by atoms with Crippen LogP contribution in [0.25, 0.3) is 11.0 Å². The predicted molar refractivity (Wildman–Crippen MR) is 73.0 cm³/mol. The van der Waals surface area contributed by atoms with E-state index >= 15 is 0 Å². The molecule has 1 saturated carbocycles. The van der Waals surface area contributed by atoms with Crippen LogP contribution >= 0.6 is 0 Å². The van der Waals surface area contributed by atoms with Gasteiger partial charge in [-0.3, -0.25) is 0 Å². The van der Waals surface area contributed by atoms with E-state index in [0.717, 1.165) is 29.4 Å². The highest BCUT2D eigenvalue weighted by Crippen LogP contribution is 2.32. The largest absolute Gasteiger partial charge is 0.423 e. The van der Waals surface area contributed by atoms with Crippen molar-refractivity contribution in [2.45, 2.75) is 44.9 Å². The zero-order valence-electron chi connectivity index (χ0n) is 10.7. The van der Waals surface area contributed by atoms with Crippen molar-refractivity contribution in [2.75, 3.05) is 0 Å². The predicted octanol–water partition coefficient (Wildman–Crippen LogP) is 4.15. The Kier molecular flexibility index (Phi) is 2.94. The molecule has 0 amide bonds. The lowest BCUT2D eigenvalue weighted by atomic mass is 9.84. The normalized spacial score (nSPS) is 17.2. The van der Waals surface area contributed by atoms with E-state index in [9.17, 15) is 4.79 Å². The van der Waals surface area contributed by atoms with E-state index in [4.69, 9.17) is 4.42 Å². The van der Waals surface area contributed by atoms with Crippen LogP contribution in [0.3, 0.4) is 0 Å². The zero-order chi connectivity index (χ0) is 12.5. The van der Waals surface area contributed by atoms with Gasteiger partial charge in [-0.25, -0.2) is 4.79 Å². The second-order valence-corrected chi connectivity index (χ2v) is 5.37. The van der Waals surface area contributed by atoms with Crippen LogP contribution in [-0.2, 0) is 0 Å². The van der Waals surface area contributed by atoms with Crippen molar-refractivity contribution in [3.05, 3.63) is 45.8 Å². The van der Waals surface area contributed by atoms with Crippen molar-refractivity contribution < 1.29 is 4.42 Å². The molecule has 0 atom stereocenters. The lowest BCUT2D eigenvalue weighted by Gasteiger charge is -2.20. The van der Waals surface area contributed by atoms with E-state index in [1.54, 1.807) is 0 Å². The Balaban J connectivity index is 2.09. The van der Waals surface area contributed by atoms with Gasteiger partial charge in [-0.2, -0.15) is 0 Å². The minimum Gasteiger partial charge on any atom is -0.423 e. The van der Waals surface area contributed by atoms with Gasteiger partial charge in [0.2, 0.25) is 0 Å². The molecule has 1 fully saturated rings. The highest BCUT2D eigenvalue weighted by Gasteiger charge is 2.19. The van der Waals surface area contributed by atoms with Gasteiger partial charge < -0.3 is 4.42 Å². The molecule has 3 rings (SSSR count). The van der Waals surface area contributed by atoms with Crippen LogP contribution in [-0.4, -0.2) is 0 Å². The van der Waals surface area contributed by atoms with Crippen LogP contribution in [0.15, 0.2) is 33.5 Å². The smallest absolute Gasteiger partial charge is 0.339 e. The summed E-state index contributed by atoms with van der Waals surface area (Å²) in [6.07, 6.45) is 6.02. The van der Waals surface area contributed by atoms with Gasteiger partial charge in [-0.15, -0.1) is 0 Å². The van der Waals surface area contributed by atoms with Crippen molar-refractivity contribution in [3.63, 3.8) is 0 Å². The molecule has 0 N–H and O–H groups in total. The molecule has 2 heteroatoms. The Morgan fingerprint density at radius 2 is 1.89 bits per heavy atom. The second kappa shape index (κ2) is 4.60. The first-order chi connectivity index (χ1) is 8.74. The molecule has 1 aromatic heterocycles. The summed E-state index contributed by atoms with van der Waals surface area (Å²) in [5.41, 5.74) is 2.57. The Hall–Kier alpha value is -1.57. The third-order valence-electron chi connectivity index (χ3n) is 3.96. The molecular formula is C16H18O2. The van der Waals surface area contributed by atoms with Gasteiger partial charge >= 0.3 is 5.63 Å². The first-order valence-corrected chi connectivity index (χ1v) is 6.78. The van der Waals surface area contributed by atoms with Crippen LogP contribution in [0.5, 0.6) is 0 Å². The Morgan fingerprint density at radius 3 is 2.67 bits per heavy atom. The van der Waals surface area contributed by atoms with E-state index in [0.29, 0.717) is 11.5 Å². The molecule has 2 aromatic rings. The molecule has 2 nitrogen and oxygen atoms in total. The molecule has 94 valence electrons. The number of aryl methyl sites for hydroxylation is 1. The summed E-state index contributed by atoms with van der Waals surface area (Å²) in [5.74, 6) is 0.403. The Morgan fingerprint density at radius 1 is 1.11 bits per heavy atom. The van der Waals surface area contributed by atoms with Gasteiger partial charge in [-0.1, -0.05) is 31.4 Å². The second-order valence-electron chi connectivity index (χ2n) is 5.37. The zero-order valence-corrected chi connectivity index (χ0v) is 10.7. The molecule has 1 aliphatic rings. The quantitative estimate of drug-likeness (QED) is 0.703. The topological polar surface area (TPSA) is 30.2 Å². The van der Waals surface area contributed by atoms with E-state index in [2.05, 4.69) is 6.07 Å². The summed E-state index contributed by atoms with van der Waals surface area (Å²) in [6.45, 7) is 2.01.